The van der Waals surface area contributed by atoms with E-state index in [1.165, 1.54) is 5.56 Å². The first-order valence-electron chi connectivity index (χ1n) is 7.76. The Morgan fingerprint density at radius 3 is 2.62 bits per heavy atom. The minimum Gasteiger partial charge on any atom is -0.339 e. The lowest BCUT2D eigenvalue weighted by molar-refractivity contribution is 0.385. The Morgan fingerprint density at radius 2 is 1.83 bits per heavy atom. The molecule has 1 N–H and O–H groups in total. The van der Waals surface area contributed by atoms with Gasteiger partial charge in [0.2, 0.25) is 11.7 Å². The van der Waals surface area contributed by atoms with Crippen LogP contribution in [0.1, 0.15) is 17.0 Å². The lowest BCUT2D eigenvalue weighted by Gasteiger charge is -1.99. The molecule has 118 valence electrons. The van der Waals surface area contributed by atoms with E-state index in [-0.39, 0.29) is 0 Å². The number of nitrogens with zero attached hydrogens (tertiary/aromatic N) is 3. The molecule has 0 unspecified atom stereocenters. The van der Waals surface area contributed by atoms with Crippen molar-refractivity contribution in [2.75, 3.05) is 0 Å². The molecule has 0 saturated heterocycles. The van der Waals surface area contributed by atoms with Crippen molar-refractivity contribution in [1.82, 2.24) is 20.3 Å². The summed E-state index contributed by atoms with van der Waals surface area (Å²) >= 11 is 0. The third-order valence-electron chi connectivity index (χ3n) is 3.88. The van der Waals surface area contributed by atoms with Gasteiger partial charge >= 0.3 is 0 Å². The van der Waals surface area contributed by atoms with Gasteiger partial charge < -0.3 is 4.52 Å². The summed E-state index contributed by atoms with van der Waals surface area (Å²) in [7, 11) is 0. The molecule has 0 amide bonds. The largest absolute Gasteiger partial charge is 0.339 e. The molecule has 2 heterocycles. The molecule has 5 nitrogen and oxygen atoms in total. The predicted octanol–water partition coefficient (Wildman–Crippen LogP) is 4.03. The molecule has 0 atom stereocenters. The Labute approximate surface area is 139 Å². The van der Waals surface area contributed by atoms with E-state index in [4.69, 9.17) is 4.52 Å². The molecule has 0 bridgehead atoms. The molecule has 0 aliphatic carbocycles. The minimum atomic E-state index is 0.596. The van der Waals surface area contributed by atoms with Crippen LogP contribution in [0.25, 0.3) is 22.6 Å². The van der Waals surface area contributed by atoms with Crippen LogP contribution in [-0.4, -0.2) is 20.3 Å². The second-order valence-electron chi connectivity index (χ2n) is 5.73. The van der Waals surface area contributed by atoms with Crippen molar-refractivity contribution in [3.05, 3.63) is 77.8 Å². The van der Waals surface area contributed by atoms with Gasteiger partial charge in [0.15, 0.2) is 0 Å². The minimum absolute atomic E-state index is 0.596. The molecule has 4 aromatic rings. The van der Waals surface area contributed by atoms with Gasteiger partial charge in [0.1, 0.15) is 0 Å². The molecule has 0 radical (unpaired) electrons. The molecule has 0 spiro atoms. The number of aryl methyl sites for hydroxylation is 1. The maximum Gasteiger partial charge on any atom is 0.231 e. The van der Waals surface area contributed by atoms with Crippen LogP contribution >= 0.6 is 0 Å². The summed E-state index contributed by atoms with van der Waals surface area (Å²) in [6, 6.07) is 18.2. The number of hydrogen-bond donors (Lipinski definition) is 1. The Hall–Kier alpha value is -3.21. The first kappa shape index (κ1) is 14.4. The standard InChI is InChI=1S/C19H16N4O/c1-13-5-7-14(8-6-13)11-18-21-19(23-24-18)16-4-2-3-15(12-16)17-9-10-20-22-17/h2-10,12H,11H2,1H3,(H,20,22). The van der Waals surface area contributed by atoms with Crippen LogP contribution in [0.15, 0.2) is 65.3 Å². The Morgan fingerprint density at radius 1 is 1.00 bits per heavy atom. The van der Waals surface area contributed by atoms with Gasteiger partial charge in [0, 0.05) is 17.3 Å². The van der Waals surface area contributed by atoms with E-state index in [1.807, 2.05) is 30.3 Å². The monoisotopic (exact) mass is 316 g/mol. The van der Waals surface area contributed by atoms with Gasteiger partial charge in [-0.1, -0.05) is 53.2 Å². The molecule has 4 rings (SSSR count). The molecule has 0 saturated carbocycles. The van der Waals surface area contributed by atoms with Crippen LogP contribution in [0.3, 0.4) is 0 Å². The average molecular weight is 316 g/mol. The average Bonchev–Trinajstić information content (AvgIpc) is 3.29. The Bertz CT molecular complexity index is 940. The fraction of sp³-hybridized carbons (Fsp3) is 0.105. The van der Waals surface area contributed by atoms with Crippen molar-refractivity contribution in [3.63, 3.8) is 0 Å². The van der Waals surface area contributed by atoms with Crippen molar-refractivity contribution < 1.29 is 4.52 Å². The zero-order chi connectivity index (χ0) is 16.4. The number of benzene rings is 2. The van der Waals surface area contributed by atoms with Crippen molar-refractivity contribution in [2.24, 2.45) is 0 Å². The van der Waals surface area contributed by atoms with Crippen LogP contribution in [0.4, 0.5) is 0 Å². The van der Waals surface area contributed by atoms with Gasteiger partial charge in [-0.2, -0.15) is 10.1 Å². The normalized spacial score (nSPS) is 10.9. The fourth-order valence-corrected chi connectivity index (χ4v) is 2.57. The van der Waals surface area contributed by atoms with E-state index in [0.29, 0.717) is 18.1 Å². The number of rotatable bonds is 4. The van der Waals surface area contributed by atoms with Crippen LogP contribution in [0.2, 0.25) is 0 Å². The number of aromatic amines is 1. The lowest BCUT2D eigenvalue weighted by Crippen LogP contribution is -1.89. The van der Waals surface area contributed by atoms with Gasteiger partial charge in [-0.15, -0.1) is 0 Å². The highest BCUT2D eigenvalue weighted by Crippen LogP contribution is 2.23. The van der Waals surface area contributed by atoms with Gasteiger partial charge in [0.25, 0.3) is 0 Å². The molecule has 5 heteroatoms. The summed E-state index contributed by atoms with van der Waals surface area (Å²) in [5.74, 6) is 1.21. The number of aromatic nitrogens is 4. The SMILES string of the molecule is Cc1ccc(Cc2nc(-c3cccc(-c4ccn[nH]4)c3)no2)cc1. The number of H-pyrrole nitrogens is 1. The highest BCUT2D eigenvalue weighted by atomic mass is 16.5. The van der Waals surface area contributed by atoms with E-state index in [0.717, 1.165) is 22.4 Å². The summed E-state index contributed by atoms with van der Waals surface area (Å²) in [5.41, 5.74) is 5.30. The molecular formula is C19H16N4O. The number of nitrogens with one attached hydrogen (secondary N) is 1. The topological polar surface area (TPSA) is 67.6 Å². The molecule has 24 heavy (non-hydrogen) atoms. The van der Waals surface area contributed by atoms with Crippen molar-refractivity contribution >= 4 is 0 Å². The second kappa shape index (κ2) is 6.12. The summed E-state index contributed by atoms with van der Waals surface area (Å²) < 4.78 is 5.40. The van der Waals surface area contributed by atoms with Crippen LogP contribution < -0.4 is 0 Å². The molecule has 0 aliphatic rings. The maximum absolute atomic E-state index is 5.40. The van der Waals surface area contributed by atoms with Crippen molar-refractivity contribution in [2.45, 2.75) is 13.3 Å². The van der Waals surface area contributed by atoms with E-state index in [9.17, 15) is 0 Å². The van der Waals surface area contributed by atoms with Gasteiger partial charge in [0.05, 0.1) is 12.1 Å². The Kier molecular flexibility index (Phi) is 3.67. The quantitative estimate of drug-likeness (QED) is 0.617. The molecular weight excluding hydrogens is 300 g/mol. The maximum atomic E-state index is 5.40. The summed E-state index contributed by atoms with van der Waals surface area (Å²) in [5, 5.41) is 11.1. The fourth-order valence-electron chi connectivity index (χ4n) is 2.57. The zero-order valence-electron chi connectivity index (χ0n) is 13.2. The third kappa shape index (κ3) is 2.96. The first-order chi connectivity index (χ1) is 11.8. The lowest BCUT2D eigenvalue weighted by atomic mass is 10.1. The van der Waals surface area contributed by atoms with Gasteiger partial charge in [-0.3, -0.25) is 5.10 Å². The summed E-state index contributed by atoms with van der Waals surface area (Å²) in [4.78, 5) is 4.52. The summed E-state index contributed by atoms with van der Waals surface area (Å²) in [6.07, 6.45) is 2.36. The van der Waals surface area contributed by atoms with Crippen molar-refractivity contribution in [3.8, 4) is 22.6 Å². The van der Waals surface area contributed by atoms with E-state index < -0.39 is 0 Å². The predicted molar refractivity (Wildman–Crippen MR) is 91.3 cm³/mol. The van der Waals surface area contributed by atoms with Crippen molar-refractivity contribution in [1.29, 1.82) is 0 Å². The van der Waals surface area contributed by atoms with Gasteiger partial charge in [-0.05, 0) is 24.6 Å². The molecule has 2 aromatic heterocycles. The van der Waals surface area contributed by atoms with Crippen LogP contribution in [0.5, 0.6) is 0 Å². The Balaban J connectivity index is 1.58. The van der Waals surface area contributed by atoms with E-state index in [1.54, 1.807) is 6.20 Å². The van der Waals surface area contributed by atoms with Crippen LogP contribution in [-0.2, 0) is 6.42 Å². The van der Waals surface area contributed by atoms with Crippen LogP contribution in [0, 0.1) is 6.92 Å². The molecule has 0 aliphatic heterocycles. The number of hydrogen-bond acceptors (Lipinski definition) is 4. The van der Waals surface area contributed by atoms with E-state index >= 15 is 0 Å². The highest BCUT2D eigenvalue weighted by molar-refractivity contribution is 5.67. The molecule has 0 fully saturated rings. The molecule has 2 aromatic carbocycles. The zero-order valence-corrected chi connectivity index (χ0v) is 13.2. The second-order valence-corrected chi connectivity index (χ2v) is 5.73. The summed E-state index contributed by atoms with van der Waals surface area (Å²) in [6.45, 7) is 2.07. The van der Waals surface area contributed by atoms with Gasteiger partial charge in [-0.25, -0.2) is 0 Å². The van der Waals surface area contributed by atoms with E-state index in [2.05, 4.69) is 51.5 Å². The highest BCUT2D eigenvalue weighted by Gasteiger charge is 2.10. The first-order valence-corrected chi connectivity index (χ1v) is 7.76. The smallest absolute Gasteiger partial charge is 0.231 e. The third-order valence-corrected chi connectivity index (χ3v) is 3.88.